The molecule has 0 aromatic rings. The number of urea groups is 1. The van der Waals surface area contributed by atoms with E-state index in [4.69, 9.17) is 5.11 Å². The Morgan fingerprint density at radius 2 is 1.87 bits per heavy atom. The highest BCUT2D eigenvalue weighted by Gasteiger charge is 2.21. The molecule has 15 heavy (non-hydrogen) atoms. The van der Waals surface area contributed by atoms with E-state index in [2.05, 4.69) is 10.6 Å². The SMILES string of the molecule is CCC[C@H](NC(=O)NC(C)(C)C)C(=O)O. The van der Waals surface area contributed by atoms with E-state index in [1.165, 1.54) is 0 Å². The Balaban J connectivity index is 4.18. The second-order valence-corrected chi connectivity index (χ2v) is 4.53. The lowest BCUT2D eigenvalue weighted by Gasteiger charge is -2.22. The largest absolute Gasteiger partial charge is 0.480 e. The predicted molar refractivity (Wildman–Crippen MR) is 57.8 cm³/mol. The summed E-state index contributed by atoms with van der Waals surface area (Å²) in [6.45, 7) is 7.38. The molecule has 2 amide bonds. The van der Waals surface area contributed by atoms with Gasteiger partial charge in [0.1, 0.15) is 6.04 Å². The van der Waals surface area contributed by atoms with Gasteiger partial charge in [0.25, 0.3) is 0 Å². The molecule has 0 saturated heterocycles. The smallest absolute Gasteiger partial charge is 0.326 e. The van der Waals surface area contributed by atoms with Crippen molar-refractivity contribution in [3.63, 3.8) is 0 Å². The summed E-state index contributed by atoms with van der Waals surface area (Å²) in [4.78, 5) is 22.1. The van der Waals surface area contributed by atoms with E-state index in [1.54, 1.807) is 0 Å². The van der Waals surface area contributed by atoms with E-state index < -0.39 is 18.0 Å². The lowest BCUT2D eigenvalue weighted by Crippen LogP contribution is -2.51. The number of carboxylic acid groups (broad SMARTS) is 1. The van der Waals surface area contributed by atoms with Crippen LogP contribution >= 0.6 is 0 Å². The molecular weight excluding hydrogens is 196 g/mol. The second kappa shape index (κ2) is 5.58. The lowest BCUT2D eigenvalue weighted by atomic mass is 10.1. The molecule has 1 atom stereocenters. The molecule has 0 aromatic heterocycles. The summed E-state index contributed by atoms with van der Waals surface area (Å²) in [5.41, 5.74) is -0.362. The van der Waals surface area contributed by atoms with Gasteiger partial charge in [-0.2, -0.15) is 0 Å². The molecule has 0 rings (SSSR count). The fourth-order valence-corrected chi connectivity index (χ4v) is 1.08. The summed E-state index contributed by atoms with van der Waals surface area (Å²) in [6.07, 6.45) is 1.15. The molecule has 88 valence electrons. The molecule has 5 nitrogen and oxygen atoms in total. The summed E-state index contributed by atoms with van der Waals surface area (Å²) < 4.78 is 0. The van der Waals surface area contributed by atoms with Crippen LogP contribution in [0.5, 0.6) is 0 Å². The highest BCUT2D eigenvalue weighted by Crippen LogP contribution is 2.00. The zero-order chi connectivity index (χ0) is 12.1. The van der Waals surface area contributed by atoms with Crippen LogP contribution in [0.3, 0.4) is 0 Å². The van der Waals surface area contributed by atoms with Gasteiger partial charge in [-0.1, -0.05) is 13.3 Å². The maximum atomic E-state index is 11.4. The first kappa shape index (κ1) is 13.7. The zero-order valence-corrected chi connectivity index (χ0v) is 9.76. The van der Waals surface area contributed by atoms with Crippen LogP contribution in [0, 0.1) is 0 Å². The predicted octanol–water partition coefficient (Wildman–Crippen LogP) is 1.34. The van der Waals surface area contributed by atoms with Crippen molar-refractivity contribution in [2.24, 2.45) is 0 Å². The number of hydrogen-bond donors (Lipinski definition) is 3. The van der Waals surface area contributed by atoms with E-state index >= 15 is 0 Å². The van der Waals surface area contributed by atoms with Gasteiger partial charge in [-0.3, -0.25) is 0 Å². The highest BCUT2D eigenvalue weighted by atomic mass is 16.4. The molecule has 0 bridgehead atoms. The van der Waals surface area contributed by atoms with Crippen LogP contribution in [0.4, 0.5) is 4.79 Å². The van der Waals surface area contributed by atoms with Gasteiger partial charge in [0.05, 0.1) is 0 Å². The molecule has 5 heteroatoms. The number of rotatable bonds is 4. The third-order valence-corrected chi connectivity index (χ3v) is 1.67. The van der Waals surface area contributed by atoms with Crippen molar-refractivity contribution >= 4 is 12.0 Å². The van der Waals surface area contributed by atoms with Gasteiger partial charge in [-0.15, -0.1) is 0 Å². The second-order valence-electron chi connectivity index (χ2n) is 4.53. The van der Waals surface area contributed by atoms with Gasteiger partial charge in [0, 0.05) is 5.54 Å². The standard InChI is InChI=1S/C10H20N2O3/c1-5-6-7(8(13)14)11-9(15)12-10(2,3)4/h7H,5-6H2,1-4H3,(H,13,14)(H2,11,12,15)/t7-/m0/s1. The van der Waals surface area contributed by atoms with E-state index in [1.807, 2.05) is 27.7 Å². The molecule has 0 heterocycles. The number of carbonyl (C=O) groups is 2. The van der Waals surface area contributed by atoms with Gasteiger partial charge >= 0.3 is 12.0 Å². The molecule has 0 fully saturated rings. The first-order valence-corrected chi connectivity index (χ1v) is 5.07. The maximum Gasteiger partial charge on any atom is 0.326 e. The molecule has 0 aliphatic heterocycles. The van der Waals surface area contributed by atoms with Crippen LogP contribution in [0.15, 0.2) is 0 Å². The quantitative estimate of drug-likeness (QED) is 0.663. The molecule has 3 N–H and O–H groups in total. The van der Waals surface area contributed by atoms with Gasteiger partial charge in [0.15, 0.2) is 0 Å². The number of carbonyl (C=O) groups excluding carboxylic acids is 1. The molecule has 0 saturated carbocycles. The number of nitrogens with one attached hydrogen (secondary N) is 2. The Kier molecular flexibility index (Phi) is 5.11. The average Bonchev–Trinajstić information content (AvgIpc) is 1.99. The summed E-state index contributed by atoms with van der Waals surface area (Å²) in [6, 6.07) is -1.25. The van der Waals surface area contributed by atoms with Gasteiger partial charge < -0.3 is 15.7 Å². The van der Waals surface area contributed by atoms with Crippen molar-refractivity contribution in [2.75, 3.05) is 0 Å². The fourth-order valence-electron chi connectivity index (χ4n) is 1.08. The molecule has 0 spiro atoms. The van der Waals surface area contributed by atoms with Crippen LogP contribution in [-0.2, 0) is 4.79 Å². The Labute approximate surface area is 90.2 Å². The number of carboxylic acids is 1. The van der Waals surface area contributed by atoms with Crippen molar-refractivity contribution in [3.05, 3.63) is 0 Å². The van der Waals surface area contributed by atoms with Crippen LogP contribution in [0.2, 0.25) is 0 Å². The molecule has 0 aliphatic carbocycles. The third kappa shape index (κ3) is 6.76. The van der Waals surface area contributed by atoms with Crippen LogP contribution in [-0.4, -0.2) is 28.7 Å². The topological polar surface area (TPSA) is 78.4 Å². The highest BCUT2D eigenvalue weighted by molar-refractivity contribution is 5.82. The van der Waals surface area contributed by atoms with Crippen molar-refractivity contribution in [2.45, 2.75) is 52.1 Å². The van der Waals surface area contributed by atoms with Crippen molar-refractivity contribution in [3.8, 4) is 0 Å². The monoisotopic (exact) mass is 216 g/mol. The molecule has 0 aliphatic rings. The van der Waals surface area contributed by atoms with Crippen LogP contribution in [0.1, 0.15) is 40.5 Å². The normalized spacial score (nSPS) is 13.1. The van der Waals surface area contributed by atoms with E-state index in [9.17, 15) is 9.59 Å². The van der Waals surface area contributed by atoms with E-state index in [-0.39, 0.29) is 5.54 Å². The third-order valence-electron chi connectivity index (χ3n) is 1.67. The van der Waals surface area contributed by atoms with Gasteiger partial charge in [-0.05, 0) is 27.2 Å². The van der Waals surface area contributed by atoms with Crippen molar-refractivity contribution < 1.29 is 14.7 Å². The van der Waals surface area contributed by atoms with E-state index in [0.29, 0.717) is 12.8 Å². The fraction of sp³-hybridized carbons (Fsp3) is 0.800. The molecule has 0 radical (unpaired) electrons. The van der Waals surface area contributed by atoms with Crippen LogP contribution in [0.25, 0.3) is 0 Å². The maximum absolute atomic E-state index is 11.4. The number of aliphatic carboxylic acids is 1. The average molecular weight is 216 g/mol. The Morgan fingerprint density at radius 1 is 1.33 bits per heavy atom. The summed E-state index contributed by atoms with van der Waals surface area (Å²) in [7, 11) is 0. The minimum atomic E-state index is -0.999. The number of hydrogen-bond acceptors (Lipinski definition) is 2. The minimum absolute atomic E-state index is 0.362. The first-order valence-electron chi connectivity index (χ1n) is 5.07. The Hall–Kier alpha value is -1.26. The van der Waals surface area contributed by atoms with Crippen LogP contribution < -0.4 is 10.6 Å². The first-order chi connectivity index (χ1) is 6.76. The lowest BCUT2D eigenvalue weighted by molar-refractivity contribution is -0.139. The minimum Gasteiger partial charge on any atom is -0.480 e. The molecule has 0 unspecified atom stereocenters. The molecular formula is C10H20N2O3. The zero-order valence-electron chi connectivity index (χ0n) is 9.76. The van der Waals surface area contributed by atoms with Crippen molar-refractivity contribution in [1.82, 2.24) is 10.6 Å². The molecule has 0 aromatic carbocycles. The summed E-state index contributed by atoms with van der Waals surface area (Å²) in [5.74, 6) is -0.999. The van der Waals surface area contributed by atoms with Gasteiger partial charge in [0.2, 0.25) is 0 Å². The Morgan fingerprint density at radius 3 is 2.20 bits per heavy atom. The van der Waals surface area contributed by atoms with Gasteiger partial charge in [-0.25, -0.2) is 9.59 Å². The van der Waals surface area contributed by atoms with Crippen molar-refractivity contribution in [1.29, 1.82) is 0 Å². The summed E-state index contributed by atoms with van der Waals surface area (Å²) in [5, 5.41) is 13.9. The van der Waals surface area contributed by atoms with E-state index in [0.717, 1.165) is 0 Å². The summed E-state index contributed by atoms with van der Waals surface area (Å²) >= 11 is 0. The number of amides is 2. The Bertz CT molecular complexity index is 233.